The van der Waals surface area contributed by atoms with E-state index in [1.54, 1.807) is 30.3 Å². The zero-order chi connectivity index (χ0) is 13.9. The van der Waals surface area contributed by atoms with Crippen molar-refractivity contribution in [1.82, 2.24) is 0 Å². The Kier molecular flexibility index (Phi) is 6.89. The van der Waals surface area contributed by atoms with Crippen molar-refractivity contribution in [3.63, 3.8) is 0 Å². The van der Waals surface area contributed by atoms with Gasteiger partial charge in [-0.3, -0.25) is 10.1 Å². The highest BCUT2D eigenvalue weighted by molar-refractivity contribution is 5.88. The van der Waals surface area contributed by atoms with Gasteiger partial charge in [-0.25, -0.2) is 9.68 Å². The van der Waals surface area contributed by atoms with E-state index in [4.69, 9.17) is 10.5 Å². The highest BCUT2D eigenvalue weighted by atomic mass is 17.1. The Balaban J connectivity index is 0.000000191. The lowest BCUT2D eigenvalue weighted by atomic mass is 10.2. The first-order chi connectivity index (χ1) is 9.27. The van der Waals surface area contributed by atoms with Crippen molar-refractivity contribution in [2.75, 3.05) is 0 Å². The number of carbonyl (C=O) groups excluding carboxylic acids is 1. The van der Waals surface area contributed by atoms with Crippen LogP contribution in [0.4, 0.5) is 0 Å². The summed E-state index contributed by atoms with van der Waals surface area (Å²) in [6.07, 6.45) is 0. The van der Waals surface area contributed by atoms with Crippen molar-refractivity contribution >= 4 is 5.97 Å². The van der Waals surface area contributed by atoms with Gasteiger partial charge in [-0.2, -0.15) is 5.26 Å². The van der Waals surface area contributed by atoms with Crippen LogP contribution in [0.2, 0.25) is 0 Å². The van der Waals surface area contributed by atoms with E-state index in [0.717, 1.165) is 5.56 Å². The Morgan fingerprint density at radius 3 is 1.89 bits per heavy atom. The van der Waals surface area contributed by atoms with E-state index < -0.39 is 5.97 Å². The summed E-state index contributed by atoms with van der Waals surface area (Å²) in [5.74, 6) is -0.736. The summed E-state index contributed by atoms with van der Waals surface area (Å²) in [4.78, 5) is 18.0. The molecule has 2 aromatic rings. The highest BCUT2D eigenvalue weighted by Gasteiger charge is 2.02. The fraction of sp³-hybridized carbons (Fsp3) is 0.0714. The largest absolute Gasteiger partial charge is 0.372 e. The smallest absolute Gasteiger partial charge is 0.296 e. The summed E-state index contributed by atoms with van der Waals surface area (Å²) in [5, 5.41) is 16.0. The molecule has 0 aromatic heterocycles. The van der Waals surface area contributed by atoms with E-state index in [9.17, 15) is 4.79 Å². The van der Waals surface area contributed by atoms with Crippen LogP contribution in [-0.4, -0.2) is 16.5 Å². The third-order valence-corrected chi connectivity index (χ3v) is 2.17. The number of hydrogen-bond donors (Lipinski definition) is 2. The Morgan fingerprint density at radius 1 is 0.895 bits per heavy atom. The highest BCUT2D eigenvalue weighted by Crippen LogP contribution is 1.99. The Labute approximate surface area is 110 Å². The normalized spacial score (nSPS) is 9.16. The first-order valence-electron chi connectivity index (χ1n) is 5.49. The van der Waals surface area contributed by atoms with Crippen LogP contribution in [0.3, 0.4) is 0 Å². The van der Waals surface area contributed by atoms with E-state index >= 15 is 0 Å². The second kappa shape index (κ2) is 8.82. The van der Waals surface area contributed by atoms with Crippen LogP contribution in [-0.2, 0) is 16.4 Å². The molecular formula is C14H14O5. The van der Waals surface area contributed by atoms with Gasteiger partial charge in [-0.05, 0) is 17.7 Å². The summed E-state index contributed by atoms with van der Waals surface area (Å²) >= 11 is 0. The fourth-order valence-corrected chi connectivity index (χ4v) is 1.28. The van der Waals surface area contributed by atoms with Crippen molar-refractivity contribution < 1.29 is 25.1 Å². The second-order valence-corrected chi connectivity index (χ2v) is 3.50. The second-order valence-electron chi connectivity index (χ2n) is 3.50. The molecule has 0 fully saturated rings. The van der Waals surface area contributed by atoms with Gasteiger partial charge in [0.15, 0.2) is 0 Å². The van der Waals surface area contributed by atoms with Gasteiger partial charge in [0.2, 0.25) is 0 Å². The van der Waals surface area contributed by atoms with Crippen LogP contribution in [0.15, 0.2) is 60.7 Å². The minimum Gasteiger partial charge on any atom is -0.296 e. The molecule has 0 atom stereocenters. The van der Waals surface area contributed by atoms with Crippen LogP contribution < -0.4 is 0 Å². The van der Waals surface area contributed by atoms with Gasteiger partial charge < -0.3 is 0 Å². The minimum atomic E-state index is -0.736. The molecular weight excluding hydrogens is 248 g/mol. The van der Waals surface area contributed by atoms with Gasteiger partial charge in [0.1, 0.15) is 6.61 Å². The number of hydrogen-bond acceptors (Lipinski definition) is 5. The quantitative estimate of drug-likeness (QED) is 0.657. The van der Waals surface area contributed by atoms with Gasteiger partial charge in [-0.15, -0.1) is 0 Å². The Morgan fingerprint density at radius 2 is 1.42 bits per heavy atom. The molecule has 0 bridgehead atoms. The number of rotatable bonds is 3. The van der Waals surface area contributed by atoms with Crippen molar-refractivity contribution in [1.29, 1.82) is 0 Å². The minimum absolute atomic E-state index is 0.265. The van der Waals surface area contributed by atoms with Gasteiger partial charge in [0.05, 0.1) is 5.56 Å². The van der Waals surface area contributed by atoms with Gasteiger partial charge >= 0.3 is 5.97 Å². The average molecular weight is 262 g/mol. The van der Waals surface area contributed by atoms with E-state index in [2.05, 4.69) is 9.78 Å². The lowest BCUT2D eigenvalue weighted by Crippen LogP contribution is -2.00. The first kappa shape index (κ1) is 14.8. The third kappa shape index (κ3) is 5.78. The number of benzene rings is 2. The molecule has 0 unspecified atom stereocenters. The summed E-state index contributed by atoms with van der Waals surface area (Å²) in [7, 11) is 0. The molecule has 0 aliphatic heterocycles. The molecule has 100 valence electrons. The predicted octanol–water partition coefficient (Wildman–Crippen LogP) is 2.99. The van der Waals surface area contributed by atoms with E-state index in [1.165, 1.54) is 0 Å². The van der Waals surface area contributed by atoms with Crippen LogP contribution in [0.1, 0.15) is 15.9 Å². The van der Waals surface area contributed by atoms with Gasteiger partial charge in [0.25, 0.3) is 0 Å². The summed E-state index contributed by atoms with van der Waals surface area (Å²) in [6, 6.07) is 17.7. The molecule has 2 rings (SSSR count). The van der Waals surface area contributed by atoms with Gasteiger partial charge in [-0.1, -0.05) is 48.5 Å². The van der Waals surface area contributed by atoms with Crippen molar-refractivity contribution in [2.45, 2.75) is 6.61 Å². The lowest BCUT2D eigenvalue weighted by molar-refractivity contribution is -0.253. The van der Waals surface area contributed by atoms with E-state index in [0.29, 0.717) is 5.56 Å². The summed E-state index contributed by atoms with van der Waals surface area (Å²) in [6.45, 7) is 0.265. The molecule has 0 aliphatic carbocycles. The zero-order valence-electron chi connectivity index (χ0n) is 10.1. The third-order valence-electron chi connectivity index (χ3n) is 2.17. The molecule has 0 saturated carbocycles. The molecule has 0 heterocycles. The predicted molar refractivity (Wildman–Crippen MR) is 68.3 cm³/mol. The molecule has 0 aliphatic rings. The van der Waals surface area contributed by atoms with Crippen LogP contribution in [0, 0.1) is 0 Å². The molecule has 5 heteroatoms. The molecule has 2 aromatic carbocycles. The molecule has 0 radical (unpaired) electrons. The average Bonchev–Trinajstić information content (AvgIpc) is 2.49. The van der Waals surface area contributed by atoms with Crippen LogP contribution in [0.25, 0.3) is 0 Å². The maximum atomic E-state index is 10.5. The lowest BCUT2D eigenvalue weighted by Gasteiger charge is -1.93. The molecule has 0 saturated heterocycles. The zero-order valence-corrected chi connectivity index (χ0v) is 10.1. The molecule has 0 amide bonds. The monoisotopic (exact) mass is 262 g/mol. The Hall–Kier alpha value is -2.21. The van der Waals surface area contributed by atoms with Crippen LogP contribution in [0.5, 0.6) is 0 Å². The van der Waals surface area contributed by atoms with E-state index in [-0.39, 0.29) is 6.61 Å². The number of carbonyl (C=O) groups is 1. The van der Waals surface area contributed by atoms with Crippen LogP contribution >= 0.6 is 0 Å². The molecule has 2 N–H and O–H groups in total. The van der Waals surface area contributed by atoms with E-state index in [1.807, 2.05) is 30.3 Å². The summed E-state index contributed by atoms with van der Waals surface area (Å²) in [5.41, 5.74) is 1.31. The van der Waals surface area contributed by atoms with Crippen molar-refractivity contribution in [3.8, 4) is 0 Å². The van der Waals surface area contributed by atoms with Crippen molar-refractivity contribution in [3.05, 3.63) is 71.8 Å². The fourth-order valence-electron chi connectivity index (χ4n) is 1.28. The maximum absolute atomic E-state index is 10.5. The molecule has 5 nitrogen and oxygen atoms in total. The maximum Gasteiger partial charge on any atom is 0.372 e. The molecule has 0 spiro atoms. The Bertz CT molecular complexity index is 470. The first-order valence-corrected chi connectivity index (χ1v) is 5.49. The standard InChI is InChI=1S/C7H6O3.C7H8O2/c8-7(10-9)6-4-2-1-3-5-6;8-9-6-7-4-2-1-3-5-7/h1-5,9H;1-5,8H,6H2. The molecule has 19 heavy (non-hydrogen) atoms. The summed E-state index contributed by atoms with van der Waals surface area (Å²) < 4.78 is 0. The van der Waals surface area contributed by atoms with Crippen molar-refractivity contribution in [2.24, 2.45) is 0 Å². The van der Waals surface area contributed by atoms with Gasteiger partial charge in [0, 0.05) is 0 Å². The SMILES string of the molecule is O=C(OO)c1ccccc1.OOCc1ccccc1. The topological polar surface area (TPSA) is 76.0 Å².